The van der Waals surface area contributed by atoms with Crippen LogP contribution in [0.4, 0.5) is 8.78 Å². The Hall–Kier alpha value is -1.67. The lowest BCUT2D eigenvalue weighted by Crippen LogP contribution is -2.32. The van der Waals surface area contributed by atoms with Crippen LogP contribution in [-0.2, 0) is 5.41 Å². The fourth-order valence-electron chi connectivity index (χ4n) is 2.52. The number of aliphatic hydroxyl groups is 1. The smallest absolute Gasteiger partial charge is 0.387 e. The molecule has 0 amide bonds. The van der Waals surface area contributed by atoms with Crippen LogP contribution in [0.3, 0.4) is 0 Å². The Labute approximate surface area is 110 Å². The summed E-state index contributed by atoms with van der Waals surface area (Å²) in [5.41, 5.74) is 0.172. The summed E-state index contributed by atoms with van der Waals surface area (Å²) in [7, 11) is 0. The number of hydrogen-bond donors (Lipinski definition) is 1. The molecule has 1 saturated carbocycles. The van der Waals surface area contributed by atoms with Gasteiger partial charge in [-0.25, -0.2) is 0 Å². The summed E-state index contributed by atoms with van der Waals surface area (Å²) in [5, 5.41) is 18.9. The maximum absolute atomic E-state index is 12.1. The molecule has 0 saturated heterocycles. The monoisotopic (exact) mass is 267 g/mol. The van der Waals surface area contributed by atoms with Crippen LogP contribution in [0.1, 0.15) is 31.2 Å². The zero-order chi connectivity index (χ0) is 13.9. The van der Waals surface area contributed by atoms with Gasteiger partial charge in [-0.3, -0.25) is 0 Å². The van der Waals surface area contributed by atoms with Gasteiger partial charge in [0.1, 0.15) is 5.75 Å². The van der Waals surface area contributed by atoms with Crippen molar-refractivity contribution in [1.29, 1.82) is 5.26 Å². The molecule has 1 aliphatic carbocycles. The largest absolute Gasteiger partial charge is 0.435 e. The highest BCUT2D eigenvalue weighted by molar-refractivity contribution is 5.37. The highest BCUT2D eigenvalue weighted by Gasteiger charge is 2.36. The predicted octanol–water partition coefficient (Wildman–Crippen LogP) is 2.98. The standard InChI is InChI=1S/C14H15F2NO2/c15-13(16)19-12-3-1-10(2-4-12)14(9-17)7-5-11(18)6-8-14/h1-4,11,13,18H,5-8H2. The van der Waals surface area contributed by atoms with Gasteiger partial charge in [-0.05, 0) is 43.4 Å². The molecule has 0 unspecified atom stereocenters. The number of ether oxygens (including phenoxy) is 1. The predicted molar refractivity (Wildman–Crippen MR) is 64.8 cm³/mol. The third-order valence-corrected chi connectivity index (χ3v) is 3.65. The van der Waals surface area contributed by atoms with Crippen molar-refractivity contribution in [2.24, 2.45) is 0 Å². The van der Waals surface area contributed by atoms with Crippen molar-refractivity contribution in [3.8, 4) is 11.8 Å². The van der Waals surface area contributed by atoms with Gasteiger partial charge in [0.15, 0.2) is 0 Å². The van der Waals surface area contributed by atoms with Crippen LogP contribution < -0.4 is 4.74 Å². The van der Waals surface area contributed by atoms with Crippen LogP contribution in [0.2, 0.25) is 0 Å². The van der Waals surface area contributed by atoms with E-state index in [0.29, 0.717) is 25.7 Å². The highest BCUT2D eigenvalue weighted by Crippen LogP contribution is 2.39. The number of halogens is 2. The van der Waals surface area contributed by atoms with E-state index in [2.05, 4.69) is 10.8 Å². The molecule has 0 aliphatic heterocycles. The molecule has 1 aliphatic rings. The Kier molecular flexibility index (Phi) is 4.01. The number of nitrogens with zero attached hydrogens (tertiary/aromatic N) is 1. The summed E-state index contributed by atoms with van der Waals surface area (Å²) in [6.07, 6.45) is 1.99. The molecule has 0 bridgehead atoms. The molecule has 1 aromatic rings. The molecule has 0 aromatic heterocycles. The van der Waals surface area contributed by atoms with Crippen molar-refractivity contribution in [3.63, 3.8) is 0 Å². The van der Waals surface area contributed by atoms with Crippen LogP contribution in [-0.4, -0.2) is 17.8 Å². The van der Waals surface area contributed by atoms with Crippen LogP contribution in [0.5, 0.6) is 5.75 Å². The minimum atomic E-state index is -2.85. The maximum Gasteiger partial charge on any atom is 0.387 e. The molecular formula is C14H15F2NO2. The molecule has 19 heavy (non-hydrogen) atoms. The minimum Gasteiger partial charge on any atom is -0.435 e. The molecule has 0 atom stereocenters. The Balaban J connectivity index is 2.18. The van der Waals surface area contributed by atoms with Crippen molar-refractivity contribution in [1.82, 2.24) is 0 Å². The topological polar surface area (TPSA) is 53.2 Å². The average Bonchev–Trinajstić information content (AvgIpc) is 2.40. The Morgan fingerprint density at radius 3 is 2.32 bits per heavy atom. The zero-order valence-electron chi connectivity index (χ0n) is 10.4. The molecule has 5 heteroatoms. The molecule has 3 nitrogen and oxygen atoms in total. The fraction of sp³-hybridized carbons (Fsp3) is 0.500. The summed E-state index contributed by atoms with van der Waals surface area (Å²) in [5.74, 6) is 0.0858. The van der Waals surface area contributed by atoms with Crippen molar-refractivity contribution in [2.45, 2.75) is 43.8 Å². The Bertz CT molecular complexity index is 459. The van der Waals surface area contributed by atoms with Gasteiger partial charge in [0.25, 0.3) is 0 Å². The Morgan fingerprint density at radius 2 is 1.84 bits per heavy atom. The lowest BCUT2D eigenvalue weighted by atomic mass is 9.70. The highest BCUT2D eigenvalue weighted by atomic mass is 19.3. The van der Waals surface area contributed by atoms with Gasteiger partial charge < -0.3 is 9.84 Å². The molecule has 1 aromatic carbocycles. The molecule has 102 valence electrons. The summed E-state index contributed by atoms with van der Waals surface area (Å²) in [4.78, 5) is 0. The van der Waals surface area contributed by atoms with Crippen LogP contribution in [0, 0.1) is 11.3 Å². The SMILES string of the molecule is N#CC1(c2ccc(OC(F)F)cc2)CCC(O)CC1. The molecule has 0 spiro atoms. The first kappa shape index (κ1) is 13.8. The molecule has 1 fully saturated rings. The maximum atomic E-state index is 12.1. The van der Waals surface area contributed by atoms with Gasteiger partial charge in [-0.2, -0.15) is 14.0 Å². The van der Waals surface area contributed by atoms with E-state index in [9.17, 15) is 19.1 Å². The number of rotatable bonds is 3. The van der Waals surface area contributed by atoms with Crippen LogP contribution in [0.15, 0.2) is 24.3 Å². The summed E-state index contributed by atoms with van der Waals surface area (Å²) in [6.45, 7) is -2.85. The third-order valence-electron chi connectivity index (χ3n) is 3.65. The first-order chi connectivity index (χ1) is 9.05. The van der Waals surface area contributed by atoms with Crippen LogP contribution in [0.25, 0.3) is 0 Å². The van der Waals surface area contributed by atoms with Crippen LogP contribution >= 0.6 is 0 Å². The van der Waals surface area contributed by atoms with E-state index in [1.807, 2.05) is 0 Å². The zero-order valence-corrected chi connectivity index (χ0v) is 10.4. The molecular weight excluding hydrogens is 252 g/mol. The lowest BCUT2D eigenvalue weighted by molar-refractivity contribution is -0.0498. The fourth-order valence-corrected chi connectivity index (χ4v) is 2.52. The van der Waals surface area contributed by atoms with Gasteiger partial charge in [-0.15, -0.1) is 0 Å². The van der Waals surface area contributed by atoms with Gasteiger partial charge in [0.2, 0.25) is 0 Å². The number of alkyl halides is 2. The number of nitriles is 1. The first-order valence-corrected chi connectivity index (χ1v) is 6.20. The van der Waals surface area contributed by atoms with E-state index in [1.165, 1.54) is 12.1 Å². The van der Waals surface area contributed by atoms with Gasteiger partial charge in [0.05, 0.1) is 17.6 Å². The summed E-state index contributed by atoms with van der Waals surface area (Å²) in [6, 6.07) is 8.52. The van der Waals surface area contributed by atoms with E-state index >= 15 is 0 Å². The van der Waals surface area contributed by atoms with E-state index in [4.69, 9.17) is 0 Å². The number of benzene rings is 1. The van der Waals surface area contributed by atoms with E-state index in [-0.39, 0.29) is 11.9 Å². The normalized spacial score (nSPS) is 27.0. The van der Waals surface area contributed by atoms with Crippen molar-refractivity contribution in [2.75, 3.05) is 0 Å². The van der Waals surface area contributed by atoms with Gasteiger partial charge in [-0.1, -0.05) is 12.1 Å². The lowest BCUT2D eigenvalue weighted by Gasteiger charge is -2.33. The summed E-state index contributed by atoms with van der Waals surface area (Å²) >= 11 is 0. The first-order valence-electron chi connectivity index (χ1n) is 6.20. The van der Waals surface area contributed by atoms with E-state index < -0.39 is 12.0 Å². The van der Waals surface area contributed by atoms with Crippen molar-refractivity contribution in [3.05, 3.63) is 29.8 Å². The average molecular weight is 267 g/mol. The second kappa shape index (κ2) is 5.54. The number of aliphatic hydroxyl groups excluding tert-OH is 1. The summed E-state index contributed by atoms with van der Waals surface area (Å²) < 4.78 is 28.4. The quantitative estimate of drug-likeness (QED) is 0.916. The molecule has 0 heterocycles. The van der Waals surface area contributed by atoms with Crippen molar-refractivity contribution >= 4 is 0 Å². The van der Waals surface area contributed by atoms with Crippen molar-refractivity contribution < 1.29 is 18.6 Å². The molecule has 2 rings (SSSR count). The minimum absolute atomic E-state index is 0.0858. The van der Waals surface area contributed by atoms with Gasteiger partial charge in [0, 0.05) is 0 Å². The Morgan fingerprint density at radius 1 is 1.26 bits per heavy atom. The number of hydrogen-bond acceptors (Lipinski definition) is 3. The third kappa shape index (κ3) is 3.02. The van der Waals surface area contributed by atoms with E-state index in [0.717, 1.165) is 5.56 Å². The second-order valence-electron chi connectivity index (χ2n) is 4.83. The second-order valence-corrected chi connectivity index (χ2v) is 4.83. The molecule has 1 N–H and O–H groups in total. The van der Waals surface area contributed by atoms with E-state index in [1.54, 1.807) is 12.1 Å². The molecule has 0 radical (unpaired) electrons. The van der Waals surface area contributed by atoms with Gasteiger partial charge >= 0.3 is 6.61 Å².